The number of aliphatic carboxylic acids is 1. The number of carbonyl (C=O) groups excluding carboxylic acids is 1. The van der Waals surface area contributed by atoms with Gasteiger partial charge >= 0.3 is 12.0 Å². The van der Waals surface area contributed by atoms with Crippen LogP contribution in [0.15, 0.2) is 16.8 Å². The molecule has 0 fully saturated rings. The van der Waals surface area contributed by atoms with E-state index in [1.54, 1.807) is 13.0 Å². The van der Waals surface area contributed by atoms with Gasteiger partial charge in [0.2, 0.25) is 0 Å². The molecule has 1 atom stereocenters. The van der Waals surface area contributed by atoms with Crippen LogP contribution in [-0.4, -0.2) is 23.7 Å². The average Bonchev–Trinajstić information content (AvgIpc) is 2.70. The molecule has 0 aromatic carbocycles. The van der Waals surface area contributed by atoms with E-state index in [0.717, 1.165) is 5.69 Å². The van der Waals surface area contributed by atoms with Gasteiger partial charge < -0.3 is 15.7 Å². The molecule has 0 radical (unpaired) electrons. The van der Waals surface area contributed by atoms with Crippen molar-refractivity contribution in [2.45, 2.75) is 13.3 Å². The minimum absolute atomic E-state index is 0.309. The van der Waals surface area contributed by atoms with Gasteiger partial charge in [0.25, 0.3) is 0 Å². The molecule has 1 aromatic heterocycles. The highest BCUT2D eigenvalue weighted by Crippen LogP contribution is 2.11. The van der Waals surface area contributed by atoms with Crippen LogP contribution < -0.4 is 10.6 Å². The number of urea groups is 1. The minimum atomic E-state index is -0.847. The first-order valence-electron chi connectivity index (χ1n) is 4.89. The second-order valence-corrected chi connectivity index (χ2v) is 4.20. The first kappa shape index (κ1) is 12.5. The zero-order valence-electron chi connectivity index (χ0n) is 8.90. The molecule has 16 heavy (non-hydrogen) atoms. The van der Waals surface area contributed by atoms with Crippen LogP contribution in [0.4, 0.5) is 10.5 Å². The van der Waals surface area contributed by atoms with Crippen LogP contribution in [0.1, 0.15) is 13.3 Å². The van der Waals surface area contributed by atoms with Crippen LogP contribution >= 0.6 is 11.3 Å². The molecule has 2 amide bonds. The fourth-order valence-corrected chi connectivity index (χ4v) is 1.62. The Hall–Kier alpha value is -1.56. The molecule has 0 saturated heterocycles. The van der Waals surface area contributed by atoms with Crippen molar-refractivity contribution in [3.8, 4) is 0 Å². The number of carboxylic acids is 1. The highest BCUT2D eigenvalue weighted by Gasteiger charge is 2.10. The number of anilines is 1. The lowest BCUT2D eigenvalue weighted by Gasteiger charge is -2.08. The Kier molecular flexibility index (Phi) is 4.78. The van der Waals surface area contributed by atoms with Gasteiger partial charge in [-0.15, -0.1) is 0 Å². The molecule has 0 bridgehead atoms. The molecule has 0 spiro atoms. The van der Waals surface area contributed by atoms with Gasteiger partial charge in [-0.1, -0.05) is 6.92 Å². The third kappa shape index (κ3) is 4.31. The van der Waals surface area contributed by atoms with Gasteiger partial charge in [-0.3, -0.25) is 4.79 Å². The van der Waals surface area contributed by atoms with E-state index >= 15 is 0 Å². The van der Waals surface area contributed by atoms with Crippen LogP contribution in [0.2, 0.25) is 0 Å². The maximum Gasteiger partial charge on any atom is 0.319 e. The van der Waals surface area contributed by atoms with E-state index in [0.29, 0.717) is 13.0 Å². The van der Waals surface area contributed by atoms with Crippen molar-refractivity contribution in [1.82, 2.24) is 5.32 Å². The molecule has 1 heterocycles. The van der Waals surface area contributed by atoms with Crippen molar-refractivity contribution in [2.24, 2.45) is 5.92 Å². The highest BCUT2D eigenvalue weighted by atomic mass is 32.1. The number of nitrogens with one attached hydrogen (secondary N) is 2. The fourth-order valence-electron chi connectivity index (χ4n) is 1.04. The van der Waals surface area contributed by atoms with E-state index in [1.165, 1.54) is 11.3 Å². The van der Waals surface area contributed by atoms with E-state index in [-0.39, 0.29) is 6.03 Å². The molecular weight excluding hydrogens is 228 g/mol. The third-order valence-electron chi connectivity index (χ3n) is 2.06. The van der Waals surface area contributed by atoms with Crippen molar-refractivity contribution >= 4 is 29.0 Å². The molecule has 88 valence electrons. The Morgan fingerprint density at radius 1 is 1.56 bits per heavy atom. The zero-order valence-corrected chi connectivity index (χ0v) is 9.71. The second kappa shape index (κ2) is 6.12. The van der Waals surface area contributed by atoms with Crippen molar-refractivity contribution in [2.75, 3.05) is 11.9 Å². The smallest absolute Gasteiger partial charge is 0.319 e. The number of amides is 2. The molecule has 6 heteroatoms. The molecule has 1 unspecified atom stereocenters. The molecule has 1 rings (SSSR count). The predicted molar refractivity (Wildman–Crippen MR) is 62.8 cm³/mol. The first-order chi connectivity index (χ1) is 7.59. The summed E-state index contributed by atoms with van der Waals surface area (Å²) in [7, 11) is 0. The summed E-state index contributed by atoms with van der Waals surface area (Å²) >= 11 is 1.49. The van der Waals surface area contributed by atoms with E-state index in [2.05, 4.69) is 10.6 Å². The normalized spacial score (nSPS) is 11.8. The molecule has 3 N–H and O–H groups in total. The van der Waals surface area contributed by atoms with Crippen LogP contribution in [0, 0.1) is 5.92 Å². The number of hydrogen-bond donors (Lipinski definition) is 3. The van der Waals surface area contributed by atoms with Crippen molar-refractivity contribution < 1.29 is 14.7 Å². The summed E-state index contributed by atoms with van der Waals surface area (Å²) in [6.45, 7) is 1.96. The van der Waals surface area contributed by atoms with Gasteiger partial charge in [-0.25, -0.2) is 4.79 Å². The molecule has 0 aliphatic heterocycles. The summed E-state index contributed by atoms with van der Waals surface area (Å²) in [4.78, 5) is 21.8. The van der Waals surface area contributed by atoms with Crippen LogP contribution in [0.25, 0.3) is 0 Å². The van der Waals surface area contributed by atoms with Gasteiger partial charge in [0, 0.05) is 11.9 Å². The van der Waals surface area contributed by atoms with Gasteiger partial charge in [0.15, 0.2) is 0 Å². The molecule has 1 aromatic rings. The Morgan fingerprint density at radius 3 is 2.88 bits per heavy atom. The molecule has 0 aliphatic rings. The maximum absolute atomic E-state index is 11.3. The SMILES string of the molecule is CC(CCNC(=O)Nc1ccsc1)C(=O)O. The highest BCUT2D eigenvalue weighted by molar-refractivity contribution is 7.08. The predicted octanol–water partition coefficient (Wildman–Crippen LogP) is 1.98. The van der Waals surface area contributed by atoms with Crippen molar-refractivity contribution in [1.29, 1.82) is 0 Å². The fraction of sp³-hybridized carbons (Fsp3) is 0.400. The largest absolute Gasteiger partial charge is 0.481 e. The Bertz CT molecular complexity index is 351. The zero-order chi connectivity index (χ0) is 12.0. The van der Waals surface area contributed by atoms with Crippen LogP contribution in [0.3, 0.4) is 0 Å². The molecular formula is C10H14N2O3S. The number of rotatable bonds is 5. The van der Waals surface area contributed by atoms with Crippen LogP contribution in [0.5, 0.6) is 0 Å². The lowest BCUT2D eigenvalue weighted by Crippen LogP contribution is -2.30. The molecule has 0 saturated carbocycles. The standard InChI is InChI=1S/C10H14N2O3S/c1-7(9(13)14)2-4-11-10(15)12-8-3-5-16-6-8/h3,5-7H,2,4H2,1H3,(H,13,14)(H2,11,12,15). The van der Waals surface area contributed by atoms with Gasteiger partial charge in [-0.05, 0) is 17.9 Å². The van der Waals surface area contributed by atoms with Crippen LogP contribution in [-0.2, 0) is 4.79 Å². The lowest BCUT2D eigenvalue weighted by atomic mass is 10.1. The summed E-state index contributed by atoms with van der Waals surface area (Å²) in [5.41, 5.74) is 0.744. The molecule has 0 aliphatic carbocycles. The Morgan fingerprint density at radius 2 is 2.31 bits per heavy atom. The first-order valence-corrected chi connectivity index (χ1v) is 5.83. The van der Waals surface area contributed by atoms with E-state index in [9.17, 15) is 9.59 Å². The monoisotopic (exact) mass is 242 g/mol. The topological polar surface area (TPSA) is 78.4 Å². The minimum Gasteiger partial charge on any atom is -0.481 e. The number of carboxylic acid groups (broad SMARTS) is 1. The summed E-state index contributed by atoms with van der Waals surface area (Å²) in [5.74, 6) is -1.29. The van der Waals surface area contributed by atoms with Gasteiger partial charge in [0.05, 0.1) is 11.6 Å². The quantitative estimate of drug-likeness (QED) is 0.738. The van der Waals surface area contributed by atoms with Crippen molar-refractivity contribution in [3.63, 3.8) is 0 Å². The maximum atomic E-state index is 11.3. The number of carbonyl (C=O) groups is 2. The van der Waals surface area contributed by atoms with Gasteiger partial charge in [-0.2, -0.15) is 11.3 Å². The van der Waals surface area contributed by atoms with E-state index in [1.807, 2.05) is 10.8 Å². The Balaban J connectivity index is 2.18. The van der Waals surface area contributed by atoms with Crippen molar-refractivity contribution in [3.05, 3.63) is 16.8 Å². The second-order valence-electron chi connectivity index (χ2n) is 3.42. The van der Waals surface area contributed by atoms with E-state index in [4.69, 9.17) is 5.11 Å². The number of thiophene rings is 1. The van der Waals surface area contributed by atoms with E-state index < -0.39 is 11.9 Å². The summed E-state index contributed by atoms with van der Waals surface area (Å²) in [6.07, 6.45) is 0.423. The summed E-state index contributed by atoms with van der Waals surface area (Å²) < 4.78 is 0. The lowest BCUT2D eigenvalue weighted by molar-refractivity contribution is -0.141. The summed E-state index contributed by atoms with van der Waals surface area (Å²) in [5, 5.41) is 17.5. The Labute approximate surface area is 97.5 Å². The summed E-state index contributed by atoms with van der Waals surface area (Å²) in [6, 6.07) is 1.49. The third-order valence-corrected chi connectivity index (χ3v) is 2.75. The molecule has 5 nitrogen and oxygen atoms in total. The van der Waals surface area contributed by atoms with Gasteiger partial charge in [0.1, 0.15) is 0 Å². The average molecular weight is 242 g/mol. The number of hydrogen-bond acceptors (Lipinski definition) is 3.